The van der Waals surface area contributed by atoms with Gasteiger partial charge in [0.2, 0.25) is 10.0 Å². The highest BCUT2D eigenvalue weighted by atomic mass is 32.2. The molecule has 0 unspecified atom stereocenters. The molecular formula is C18H18F2N2O3S. The summed E-state index contributed by atoms with van der Waals surface area (Å²) in [5.74, 6) is -2.59. The maximum absolute atomic E-state index is 13.4. The van der Waals surface area contributed by atoms with Crippen LogP contribution in [0.25, 0.3) is 0 Å². The number of carbonyl (C=O) groups excluding carboxylic acids is 1. The summed E-state index contributed by atoms with van der Waals surface area (Å²) in [7, 11) is -2.29. The number of nitrogens with one attached hydrogen (secondary N) is 1. The van der Waals surface area contributed by atoms with Gasteiger partial charge in [0.25, 0.3) is 5.91 Å². The van der Waals surface area contributed by atoms with E-state index >= 15 is 0 Å². The first-order valence-electron chi connectivity index (χ1n) is 8.05. The van der Waals surface area contributed by atoms with Crippen LogP contribution in [0, 0.1) is 18.6 Å². The zero-order valence-electron chi connectivity index (χ0n) is 14.3. The summed E-state index contributed by atoms with van der Waals surface area (Å²) >= 11 is 0. The highest BCUT2D eigenvalue weighted by molar-refractivity contribution is 7.89. The molecule has 2 aromatic rings. The van der Waals surface area contributed by atoms with Gasteiger partial charge in [-0.3, -0.25) is 4.79 Å². The fourth-order valence-corrected chi connectivity index (χ4v) is 3.81. The van der Waals surface area contributed by atoms with E-state index < -0.39 is 27.6 Å². The molecule has 1 aliphatic carbocycles. The Morgan fingerprint density at radius 3 is 2.42 bits per heavy atom. The Kier molecular flexibility index (Phi) is 4.81. The minimum Gasteiger partial charge on any atom is -0.311 e. The van der Waals surface area contributed by atoms with Crippen molar-refractivity contribution >= 4 is 21.6 Å². The smallest absolute Gasteiger partial charge is 0.258 e. The number of carbonyl (C=O) groups is 1. The molecular weight excluding hydrogens is 362 g/mol. The van der Waals surface area contributed by atoms with E-state index in [4.69, 9.17) is 0 Å². The maximum Gasteiger partial charge on any atom is 0.258 e. The molecule has 1 aliphatic rings. The fraction of sp³-hybridized carbons (Fsp3) is 0.278. The van der Waals surface area contributed by atoms with Gasteiger partial charge in [0.05, 0.1) is 4.90 Å². The SMILES string of the molecule is Cc1ccc(S(=O)(=O)NC2CC2)cc1C(=O)N(C)c1ccc(F)c(F)c1. The lowest BCUT2D eigenvalue weighted by atomic mass is 10.1. The zero-order chi connectivity index (χ0) is 19.1. The van der Waals surface area contributed by atoms with Gasteiger partial charge < -0.3 is 4.90 Å². The third kappa shape index (κ3) is 3.76. The van der Waals surface area contributed by atoms with Crippen molar-refractivity contribution in [2.24, 2.45) is 0 Å². The number of rotatable bonds is 5. The quantitative estimate of drug-likeness (QED) is 0.867. The van der Waals surface area contributed by atoms with Gasteiger partial charge in [0.1, 0.15) is 0 Å². The number of sulfonamides is 1. The average molecular weight is 380 g/mol. The molecule has 0 spiro atoms. The first-order valence-corrected chi connectivity index (χ1v) is 9.53. The minimum atomic E-state index is -3.70. The van der Waals surface area contributed by atoms with E-state index in [1.54, 1.807) is 13.0 Å². The Balaban J connectivity index is 1.93. The van der Waals surface area contributed by atoms with Crippen molar-refractivity contribution in [1.29, 1.82) is 0 Å². The van der Waals surface area contributed by atoms with Gasteiger partial charge >= 0.3 is 0 Å². The van der Waals surface area contributed by atoms with E-state index in [1.165, 1.54) is 25.2 Å². The van der Waals surface area contributed by atoms with Crippen molar-refractivity contribution in [3.8, 4) is 0 Å². The van der Waals surface area contributed by atoms with Crippen molar-refractivity contribution in [2.75, 3.05) is 11.9 Å². The first kappa shape index (κ1) is 18.5. The molecule has 2 aromatic carbocycles. The van der Waals surface area contributed by atoms with Crippen molar-refractivity contribution in [1.82, 2.24) is 4.72 Å². The van der Waals surface area contributed by atoms with Crippen LogP contribution < -0.4 is 9.62 Å². The lowest BCUT2D eigenvalue weighted by Crippen LogP contribution is -2.29. The molecule has 138 valence electrons. The Morgan fingerprint density at radius 2 is 1.81 bits per heavy atom. The average Bonchev–Trinajstić information content (AvgIpc) is 3.39. The fourth-order valence-electron chi connectivity index (χ4n) is 2.48. The van der Waals surface area contributed by atoms with Crippen LogP contribution in [0.1, 0.15) is 28.8 Å². The summed E-state index contributed by atoms with van der Waals surface area (Å²) < 4.78 is 53.8. The molecule has 0 radical (unpaired) electrons. The second-order valence-electron chi connectivity index (χ2n) is 6.33. The molecule has 0 aromatic heterocycles. The Labute approximate surface area is 150 Å². The third-order valence-corrected chi connectivity index (χ3v) is 5.76. The summed E-state index contributed by atoms with van der Waals surface area (Å²) in [4.78, 5) is 13.9. The maximum atomic E-state index is 13.4. The van der Waals surface area contributed by atoms with E-state index in [0.29, 0.717) is 5.56 Å². The molecule has 0 aliphatic heterocycles. The number of amides is 1. The van der Waals surface area contributed by atoms with Crippen molar-refractivity contribution < 1.29 is 22.0 Å². The monoisotopic (exact) mass is 380 g/mol. The van der Waals surface area contributed by atoms with Crippen molar-refractivity contribution in [3.63, 3.8) is 0 Å². The van der Waals surface area contributed by atoms with Crippen LogP contribution in [0.15, 0.2) is 41.3 Å². The predicted octanol–water partition coefficient (Wildman–Crippen LogP) is 2.99. The normalized spacial score (nSPS) is 14.3. The summed E-state index contributed by atoms with van der Waals surface area (Å²) in [6.07, 6.45) is 1.60. The molecule has 5 nitrogen and oxygen atoms in total. The highest BCUT2D eigenvalue weighted by Gasteiger charge is 2.29. The molecule has 0 heterocycles. The van der Waals surface area contributed by atoms with Gasteiger partial charge in [-0.2, -0.15) is 0 Å². The summed E-state index contributed by atoms with van der Waals surface area (Å²) in [5.41, 5.74) is 0.920. The number of aryl methyl sites for hydroxylation is 1. The van der Waals surface area contributed by atoms with Crippen molar-refractivity contribution in [2.45, 2.75) is 30.7 Å². The van der Waals surface area contributed by atoms with Crippen LogP contribution in [0.2, 0.25) is 0 Å². The number of halogens is 2. The van der Waals surface area contributed by atoms with E-state index in [9.17, 15) is 22.0 Å². The lowest BCUT2D eigenvalue weighted by molar-refractivity contribution is 0.0992. The first-order chi connectivity index (χ1) is 12.2. The molecule has 1 amide bonds. The number of anilines is 1. The third-order valence-electron chi connectivity index (χ3n) is 4.24. The molecule has 3 rings (SSSR count). The zero-order valence-corrected chi connectivity index (χ0v) is 15.1. The lowest BCUT2D eigenvalue weighted by Gasteiger charge is -2.19. The predicted molar refractivity (Wildman–Crippen MR) is 93.6 cm³/mol. The van der Waals surface area contributed by atoms with Crippen LogP contribution in [-0.2, 0) is 10.0 Å². The molecule has 0 saturated heterocycles. The van der Waals surface area contributed by atoms with Gasteiger partial charge in [-0.25, -0.2) is 21.9 Å². The molecule has 26 heavy (non-hydrogen) atoms. The largest absolute Gasteiger partial charge is 0.311 e. The van der Waals surface area contributed by atoms with E-state index in [1.807, 2.05) is 0 Å². The number of hydrogen-bond donors (Lipinski definition) is 1. The van der Waals surface area contributed by atoms with E-state index in [0.717, 1.165) is 29.9 Å². The topological polar surface area (TPSA) is 66.5 Å². The van der Waals surface area contributed by atoms with Crippen LogP contribution in [0.5, 0.6) is 0 Å². The van der Waals surface area contributed by atoms with Crippen LogP contribution >= 0.6 is 0 Å². The van der Waals surface area contributed by atoms with Gasteiger partial charge in [-0.05, 0) is 49.6 Å². The van der Waals surface area contributed by atoms with E-state index in [-0.39, 0.29) is 22.2 Å². The van der Waals surface area contributed by atoms with Gasteiger partial charge in [-0.15, -0.1) is 0 Å². The van der Waals surface area contributed by atoms with E-state index in [2.05, 4.69) is 4.72 Å². The Hall–Kier alpha value is -2.32. The number of benzene rings is 2. The van der Waals surface area contributed by atoms with Crippen LogP contribution in [0.3, 0.4) is 0 Å². The molecule has 8 heteroatoms. The molecule has 1 fully saturated rings. The highest BCUT2D eigenvalue weighted by Crippen LogP contribution is 2.25. The Morgan fingerprint density at radius 1 is 1.12 bits per heavy atom. The van der Waals surface area contributed by atoms with Gasteiger partial charge in [-0.1, -0.05) is 6.07 Å². The Bertz CT molecular complexity index is 972. The molecule has 0 bridgehead atoms. The molecule has 0 atom stereocenters. The van der Waals surface area contributed by atoms with Crippen LogP contribution in [0.4, 0.5) is 14.5 Å². The van der Waals surface area contributed by atoms with Gasteiger partial charge in [0, 0.05) is 30.4 Å². The minimum absolute atomic E-state index is 0.00274. The number of nitrogens with zero attached hydrogens (tertiary/aromatic N) is 1. The summed E-state index contributed by atoms with van der Waals surface area (Å²) in [6, 6.07) is 7.37. The second-order valence-corrected chi connectivity index (χ2v) is 8.05. The second kappa shape index (κ2) is 6.77. The molecule has 1 N–H and O–H groups in total. The number of hydrogen-bond acceptors (Lipinski definition) is 3. The van der Waals surface area contributed by atoms with Crippen molar-refractivity contribution in [3.05, 3.63) is 59.2 Å². The van der Waals surface area contributed by atoms with Gasteiger partial charge in [0.15, 0.2) is 11.6 Å². The molecule has 1 saturated carbocycles. The summed E-state index contributed by atoms with van der Waals surface area (Å²) in [6.45, 7) is 1.68. The van der Waals surface area contributed by atoms with Crippen LogP contribution in [-0.4, -0.2) is 27.4 Å². The standard InChI is InChI=1S/C18H18F2N2O3S/c1-11-3-7-14(26(24,25)21-12-4-5-12)10-15(11)18(23)22(2)13-6-8-16(19)17(20)9-13/h3,6-10,12,21H,4-5H2,1-2H3. The summed E-state index contributed by atoms with van der Waals surface area (Å²) in [5, 5.41) is 0.